The van der Waals surface area contributed by atoms with Gasteiger partial charge >= 0.3 is 5.97 Å². The number of carboxylic acid groups (broad SMARTS) is 1. The Balaban J connectivity index is 1.69. The van der Waals surface area contributed by atoms with Crippen LogP contribution in [0.4, 0.5) is 0 Å². The zero-order valence-electron chi connectivity index (χ0n) is 15.9. The number of benzene rings is 2. The summed E-state index contributed by atoms with van der Waals surface area (Å²) in [5.41, 5.74) is -0.959. The zero-order valence-corrected chi connectivity index (χ0v) is 16.6. The molecule has 8 nitrogen and oxygen atoms in total. The number of hydrogen-bond acceptors (Lipinski definition) is 5. The van der Waals surface area contributed by atoms with Crippen molar-refractivity contribution < 1.29 is 14.6 Å². The highest BCUT2D eigenvalue weighted by Gasteiger charge is 2.36. The third-order valence-electron chi connectivity index (χ3n) is 4.54. The maximum Gasteiger partial charge on any atom is 0.348 e. The van der Waals surface area contributed by atoms with Crippen LogP contribution in [0.1, 0.15) is 12.6 Å². The summed E-state index contributed by atoms with van der Waals surface area (Å²) in [6.07, 6.45) is -0.103. The van der Waals surface area contributed by atoms with Crippen LogP contribution in [0.25, 0.3) is 17.2 Å². The molecule has 4 aromatic rings. The predicted octanol–water partition coefficient (Wildman–Crippen LogP) is 3.20. The van der Waals surface area contributed by atoms with Crippen LogP contribution in [0.3, 0.4) is 0 Å². The normalized spacial score (nSPS) is 13.1. The molecule has 0 radical (unpaired) electrons. The number of carboxylic acids is 1. The molecule has 1 unspecified atom stereocenters. The fourth-order valence-electron chi connectivity index (χ4n) is 3.05. The first kappa shape index (κ1) is 19.7. The van der Waals surface area contributed by atoms with Crippen molar-refractivity contribution in [3.8, 4) is 17.1 Å². The topological polar surface area (TPSA) is 110 Å². The number of rotatable bonds is 6. The summed E-state index contributed by atoms with van der Waals surface area (Å²) in [5.74, 6) is -0.275. The second-order valence-corrected chi connectivity index (χ2v) is 7.38. The van der Waals surface area contributed by atoms with Gasteiger partial charge in [0.05, 0.1) is 0 Å². The van der Waals surface area contributed by atoms with Gasteiger partial charge < -0.3 is 14.8 Å². The van der Waals surface area contributed by atoms with Crippen LogP contribution in [-0.4, -0.2) is 36.3 Å². The lowest BCUT2D eigenvalue weighted by Crippen LogP contribution is -2.44. The molecule has 1 atom stereocenters. The Morgan fingerprint density at radius 2 is 1.97 bits per heavy atom. The fourth-order valence-corrected chi connectivity index (χ4v) is 3.23. The van der Waals surface area contributed by atoms with Gasteiger partial charge in [-0.2, -0.15) is 9.50 Å². The molecule has 0 bridgehead atoms. The molecule has 2 heterocycles. The van der Waals surface area contributed by atoms with Crippen LogP contribution in [0.5, 0.6) is 5.75 Å². The SMILES string of the molecule is CC(Cc1cc(=O)n2nc(-c3ccccc3)nc2[nH]1)(Oc1cccc(Cl)c1)C(=O)O. The number of fused-ring (bicyclic) bond motifs is 1. The van der Waals surface area contributed by atoms with Crippen molar-refractivity contribution >= 4 is 23.3 Å². The Morgan fingerprint density at radius 1 is 1.20 bits per heavy atom. The highest BCUT2D eigenvalue weighted by molar-refractivity contribution is 6.30. The Morgan fingerprint density at radius 3 is 2.67 bits per heavy atom. The molecular formula is C21H17ClN4O4. The summed E-state index contributed by atoms with van der Waals surface area (Å²) in [5, 5.41) is 14.4. The van der Waals surface area contributed by atoms with Crippen molar-refractivity contribution in [2.24, 2.45) is 0 Å². The molecule has 0 saturated heterocycles. The van der Waals surface area contributed by atoms with Crippen molar-refractivity contribution in [1.29, 1.82) is 0 Å². The molecule has 4 rings (SSSR count). The van der Waals surface area contributed by atoms with Crippen LogP contribution in [0.2, 0.25) is 5.02 Å². The van der Waals surface area contributed by atoms with Crippen LogP contribution in [0.15, 0.2) is 65.5 Å². The van der Waals surface area contributed by atoms with E-state index in [4.69, 9.17) is 16.3 Å². The van der Waals surface area contributed by atoms with Gasteiger partial charge in [0.15, 0.2) is 5.82 Å². The molecule has 9 heteroatoms. The summed E-state index contributed by atoms with van der Waals surface area (Å²) >= 11 is 5.96. The van der Waals surface area contributed by atoms with Crippen molar-refractivity contribution in [3.63, 3.8) is 0 Å². The van der Waals surface area contributed by atoms with E-state index >= 15 is 0 Å². The maximum absolute atomic E-state index is 12.5. The van der Waals surface area contributed by atoms with Crippen molar-refractivity contribution in [3.05, 3.63) is 81.7 Å². The van der Waals surface area contributed by atoms with Gasteiger partial charge in [0.1, 0.15) is 5.75 Å². The largest absolute Gasteiger partial charge is 0.478 e. The van der Waals surface area contributed by atoms with Gasteiger partial charge in [0, 0.05) is 28.8 Å². The molecule has 30 heavy (non-hydrogen) atoms. The third-order valence-corrected chi connectivity index (χ3v) is 4.77. The van der Waals surface area contributed by atoms with Gasteiger partial charge in [0.25, 0.3) is 5.56 Å². The van der Waals surface area contributed by atoms with Crippen molar-refractivity contribution in [1.82, 2.24) is 19.6 Å². The minimum Gasteiger partial charge on any atom is -0.478 e. The number of nitrogens with zero attached hydrogens (tertiary/aromatic N) is 3. The molecule has 0 aliphatic rings. The first-order valence-corrected chi connectivity index (χ1v) is 9.44. The first-order chi connectivity index (χ1) is 14.3. The van der Waals surface area contributed by atoms with Crippen molar-refractivity contribution in [2.75, 3.05) is 0 Å². The number of halogens is 1. The summed E-state index contributed by atoms with van der Waals surface area (Å²) in [4.78, 5) is 31.9. The van der Waals surface area contributed by atoms with Crippen LogP contribution in [-0.2, 0) is 11.2 Å². The lowest BCUT2D eigenvalue weighted by Gasteiger charge is -2.26. The van der Waals surface area contributed by atoms with Crippen LogP contribution in [0, 0.1) is 0 Å². The highest BCUT2D eigenvalue weighted by atomic mass is 35.5. The Hall–Kier alpha value is -3.65. The summed E-state index contributed by atoms with van der Waals surface area (Å²) in [6, 6.07) is 17.0. The van der Waals surface area contributed by atoms with Gasteiger partial charge in [-0.25, -0.2) is 4.79 Å². The second-order valence-electron chi connectivity index (χ2n) is 6.94. The minimum atomic E-state index is -1.64. The Kier molecular flexibility index (Phi) is 5.01. The molecule has 0 saturated carbocycles. The third kappa shape index (κ3) is 3.90. The number of nitrogens with one attached hydrogen (secondary N) is 1. The number of hydrogen-bond donors (Lipinski definition) is 2. The number of aromatic nitrogens is 4. The average Bonchev–Trinajstić information content (AvgIpc) is 3.13. The monoisotopic (exact) mass is 424 g/mol. The summed E-state index contributed by atoms with van der Waals surface area (Å²) in [6.45, 7) is 1.43. The van der Waals surface area contributed by atoms with E-state index in [1.165, 1.54) is 19.1 Å². The number of H-pyrrole nitrogens is 1. The lowest BCUT2D eigenvalue weighted by molar-refractivity contribution is -0.153. The van der Waals surface area contributed by atoms with E-state index in [9.17, 15) is 14.7 Å². The molecule has 0 spiro atoms. The standard InChI is InChI=1S/C21H17ClN4O4/c1-21(19(28)29,30-16-9-5-8-14(22)10-16)12-15-11-17(27)26-20(23-15)24-18(25-26)13-6-3-2-4-7-13/h2-11H,12H2,1H3,(H,28,29)(H,23,24,25). The Bertz CT molecular complexity index is 1290. The molecule has 0 fully saturated rings. The minimum absolute atomic E-state index is 0.103. The number of carbonyl (C=O) groups is 1. The van der Waals surface area contributed by atoms with Gasteiger partial charge in [-0.05, 0) is 25.1 Å². The van der Waals surface area contributed by atoms with Crippen LogP contribution >= 0.6 is 11.6 Å². The zero-order chi connectivity index (χ0) is 21.3. The molecule has 0 amide bonds. The van der Waals surface area contributed by atoms with E-state index in [2.05, 4.69) is 15.1 Å². The molecule has 152 valence electrons. The van der Waals surface area contributed by atoms with E-state index in [-0.39, 0.29) is 12.2 Å². The number of aromatic amines is 1. The number of ether oxygens (including phenoxy) is 1. The quantitative estimate of drug-likeness (QED) is 0.492. The second kappa shape index (κ2) is 7.64. The molecular weight excluding hydrogens is 408 g/mol. The predicted molar refractivity (Wildman–Crippen MR) is 111 cm³/mol. The van der Waals surface area contributed by atoms with E-state index < -0.39 is 17.1 Å². The van der Waals surface area contributed by atoms with Gasteiger partial charge in [-0.15, -0.1) is 5.10 Å². The van der Waals surface area contributed by atoms with Crippen LogP contribution < -0.4 is 10.3 Å². The van der Waals surface area contributed by atoms with Gasteiger partial charge in [0.2, 0.25) is 11.4 Å². The van der Waals surface area contributed by atoms with E-state index in [1.54, 1.807) is 18.2 Å². The smallest absolute Gasteiger partial charge is 0.348 e. The molecule has 0 aliphatic carbocycles. The van der Waals surface area contributed by atoms with Gasteiger partial charge in [-0.3, -0.25) is 4.79 Å². The highest BCUT2D eigenvalue weighted by Crippen LogP contribution is 2.25. The first-order valence-electron chi connectivity index (χ1n) is 9.06. The number of aliphatic carboxylic acids is 1. The van der Waals surface area contributed by atoms with E-state index in [0.29, 0.717) is 22.3 Å². The lowest BCUT2D eigenvalue weighted by atomic mass is 9.99. The molecule has 2 N–H and O–H groups in total. The van der Waals surface area contributed by atoms with E-state index in [0.717, 1.165) is 10.1 Å². The fraction of sp³-hybridized carbons (Fsp3) is 0.143. The van der Waals surface area contributed by atoms with Crippen molar-refractivity contribution in [2.45, 2.75) is 18.9 Å². The summed E-state index contributed by atoms with van der Waals surface area (Å²) < 4.78 is 6.87. The Labute approximate surface area is 175 Å². The summed E-state index contributed by atoms with van der Waals surface area (Å²) in [7, 11) is 0. The maximum atomic E-state index is 12.5. The molecule has 2 aromatic carbocycles. The molecule has 2 aromatic heterocycles. The van der Waals surface area contributed by atoms with E-state index in [1.807, 2.05) is 30.3 Å². The molecule has 0 aliphatic heterocycles. The average molecular weight is 425 g/mol. The van der Waals surface area contributed by atoms with Gasteiger partial charge in [-0.1, -0.05) is 48.0 Å².